The molecule has 0 aliphatic carbocycles. The van der Waals surface area contributed by atoms with Crippen molar-refractivity contribution in [1.82, 2.24) is 4.57 Å². The van der Waals surface area contributed by atoms with Crippen LogP contribution in [-0.2, 0) is 20.3 Å². The molecule has 0 fully saturated rings. The molecule has 0 atom stereocenters. The van der Waals surface area contributed by atoms with E-state index < -0.39 is 9.05 Å². The molecule has 2 rings (SSSR count). The van der Waals surface area contributed by atoms with E-state index in [1.165, 1.54) is 6.20 Å². The maximum Gasteiger partial charge on any atom is 0.263 e. The third-order valence-corrected chi connectivity index (χ3v) is 4.33. The number of aromatic nitrogens is 1. The smallest absolute Gasteiger partial charge is 0.263 e. The monoisotopic (exact) mass is 331 g/mol. The number of hydrogen-bond acceptors (Lipinski definition) is 4. The first-order valence-corrected chi connectivity index (χ1v) is 8.87. The van der Waals surface area contributed by atoms with Crippen molar-refractivity contribution in [2.24, 2.45) is 0 Å². The molecule has 0 saturated carbocycles. The number of rotatable bonds is 6. The minimum atomic E-state index is -3.86. The number of hydrogen-bond donors (Lipinski definition) is 0. The fourth-order valence-electron chi connectivity index (χ4n) is 2.19. The van der Waals surface area contributed by atoms with Gasteiger partial charge < -0.3 is 14.0 Å². The molecule has 0 spiro atoms. The zero-order valence-electron chi connectivity index (χ0n) is 12.2. The van der Waals surface area contributed by atoms with E-state index in [4.69, 9.17) is 20.2 Å². The summed E-state index contributed by atoms with van der Waals surface area (Å²) in [5.74, 6) is 0.512. The minimum Gasteiger partial charge on any atom is -0.490 e. The van der Waals surface area contributed by atoms with Crippen molar-refractivity contribution in [3.63, 3.8) is 0 Å². The van der Waals surface area contributed by atoms with Gasteiger partial charge in [0.15, 0.2) is 0 Å². The Hall–Kier alpha value is -1.24. The maximum atomic E-state index is 11.8. The lowest BCUT2D eigenvalue weighted by atomic mass is 10.2. The van der Waals surface area contributed by atoms with E-state index in [1.807, 2.05) is 26.0 Å². The van der Waals surface area contributed by atoms with Gasteiger partial charge in [0.25, 0.3) is 9.05 Å². The van der Waals surface area contributed by atoms with Crippen LogP contribution in [0.4, 0.5) is 0 Å². The summed E-state index contributed by atoms with van der Waals surface area (Å²) in [5.41, 5.74) is 0.754. The molecule has 1 heterocycles. The van der Waals surface area contributed by atoms with Gasteiger partial charge in [-0.3, -0.25) is 0 Å². The lowest BCUT2D eigenvalue weighted by Gasteiger charge is -2.12. The highest BCUT2D eigenvalue weighted by atomic mass is 35.7. The molecule has 0 bridgehead atoms. The minimum absolute atomic E-state index is 0.0616. The van der Waals surface area contributed by atoms with Crippen molar-refractivity contribution in [2.45, 2.75) is 31.4 Å². The number of methoxy groups -OCH3 is 1. The zero-order valence-corrected chi connectivity index (χ0v) is 13.7. The number of nitrogens with zero attached hydrogens (tertiary/aromatic N) is 1. The number of benzene rings is 1. The third kappa shape index (κ3) is 3.51. The molecular weight excluding hydrogens is 314 g/mol. The predicted molar refractivity (Wildman–Crippen MR) is 82.6 cm³/mol. The van der Waals surface area contributed by atoms with Gasteiger partial charge in [-0.1, -0.05) is 6.07 Å². The summed E-state index contributed by atoms with van der Waals surface area (Å²) >= 11 is 0. The van der Waals surface area contributed by atoms with Crippen LogP contribution in [0.1, 0.15) is 13.8 Å². The van der Waals surface area contributed by atoms with E-state index in [-0.39, 0.29) is 11.0 Å². The second kappa shape index (κ2) is 6.25. The topological polar surface area (TPSA) is 57.5 Å². The highest BCUT2D eigenvalue weighted by Crippen LogP contribution is 2.35. The second-order valence-electron chi connectivity index (χ2n) is 4.93. The third-order valence-electron chi connectivity index (χ3n) is 2.99. The molecule has 0 radical (unpaired) electrons. The number of halogens is 1. The molecule has 0 N–H and O–H groups in total. The molecule has 21 heavy (non-hydrogen) atoms. The van der Waals surface area contributed by atoms with E-state index in [9.17, 15) is 8.42 Å². The summed E-state index contributed by atoms with van der Waals surface area (Å²) in [6.07, 6.45) is 1.46. The van der Waals surface area contributed by atoms with Gasteiger partial charge >= 0.3 is 0 Å². The molecular formula is C14H18ClNO4S. The van der Waals surface area contributed by atoms with Crippen molar-refractivity contribution in [2.75, 3.05) is 13.7 Å². The van der Waals surface area contributed by atoms with Gasteiger partial charge in [-0.15, -0.1) is 0 Å². The lowest BCUT2D eigenvalue weighted by molar-refractivity contribution is 0.188. The molecule has 1 aromatic heterocycles. The van der Waals surface area contributed by atoms with Gasteiger partial charge in [-0.25, -0.2) is 8.42 Å². The molecule has 0 aliphatic rings. The van der Waals surface area contributed by atoms with Crippen LogP contribution in [-0.4, -0.2) is 32.8 Å². The zero-order chi connectivity index (χ0) is 15.6. The SMILES string of the molecule is COCCn1cc(S(=O)(=O)Cl)c2c(OC(C)C)cccc21. The lowest BCUT2D eigenvalue weighted by Crippen LogP contribution is -2.06. The molecule has 0 amide bonds. The van der Waals surface area contributed by atoms with Crippen molar-refractivity contribution in [1.29, 1.82) is 0 Å². The molecule has 7 heteroatoms. The number of ether oxygens (including phenoxy) is 2. The summed E-state index contributed by atoms with van der Waals surface area (Å²) in [6, 6.07) is 5.41. The van der Waals surface area contributed by atoms with Crippen molar-refractivity contribution in [3.8, 4) is 5.75 Å². The Morgan fingerprint density at radius 3 is 2.62 bits per heavy atom. The number of fused-ring (bicyclic) bond motifs is 1. The Balaban J connectivity index is 2.69. The summed E-state index contributed by atoms with van der Waals surface area (Å²) in [4.78, 5) is 0.0616. The van der Waals surface area contributed by atoms with Crippen LogP contribution in [0.25, 0.3) is 10.9 Å². The van der Waals surface area contributed by atoms with Crippen LogP contribution in [0.15, 0.2) is 29.3 Å². The molecule has 0 saturated heterocycles. The van der Waals surface area contributed by atoms with Crippen molar-refractivity contribution in [3.05, 3.63) is 24.4 Å². The summed E-state index contributed by atoms with van der Waals surface area (Å²) in [5, 5.41) is 0.511. The Bertz CT molecular complexity index is 737. The highest BCUT2D eigenvalue weighted by Gasteiger charge is 2.22. The first-order chi connectivity index (χ1) is 9.84. The quantitative estimate of drug-likeness (QED) is 0.763. The maximum absolute atomic E-state index is 11.8. The Morgan fingerprint density at radius 2 is 2.05 bits per heavy atom. The standard InChI is InChI=1S/C14H18ClNO4S/c1-10(2)20-12-6-4-5-11-14(12)13(21(15,17)18)9-16(11)7-8-19-3/h4-6,9-10H,7-8H2,1-3H3. The Labute approximate surface area is 128 Å². The molecule has 0 unspecified atom stereocenters. The molecule has 1 aromatic carbocycles. The van der Waals surface area contributed by atoms with E-state index in [2.05, 4.69) is 0 Å². The van der Waals surface area contributed by atoms with Crippen LogP contribution in [0.5, 0.6) is 5.75 Å². The molecule has 5 nitrogen and oxygen atoms in total. The summed E-state index contributed by atoms with van der Waals surface area (Å²) in [6.45, 7) is 4.77. The van der Waals surface area contributed by atoms with Gasteiger partial charge in [0.2, 0.25) is 0 Å². The molecule has 2 aromatic rings. The predicted octanol–water partition coefficient (Wildman–Crippen LogP) is 3.00. The van der Waals surface area contributed by atoms with Crippen LogP contribution >= 0.6 is 10.7 Å². The first kappa shape index (κ1) is 16.1. The average Bonchev–Trinajstić information content (AvgIpc) is 2.75. The van der Waals surface area contributed by atoms with Crippen molar-refractivity contribution >= 4 is 30.6 Å². The normalized spacial score (nSPS) is 12.2. The fourth-order valence-corrected chi connectivity index (χ4v) is 3.25. The first-order valence-electron chi connectivity index (χ1n) is 6.56. The van der Waals surface area contributed by atoms with Crippen LogP contribution in [0, 0.1) is 0 Å². The van der Waals surface area contributed by atoms with E-state index in [1.54, 1.807) is 17.7 Å². The van der Waals surface area contributed by atoms with E-state index in [0.717, 1.165) is 5.52 Å². The molecule has 0 aliphatic heterocycles. The van der Waals surface area contributed by atoms with E-state index in [0.29, 0.717) is 24.3 Å². The average molecular weight is 332 g/mol. The molecule has 116 valence electrons. The van der Waals surface area contributed by atoms with Gasteiger partial charge in [-0.2, -0.15) is 0 Å². The summed E-state index contributed by atoms with van der Waals surface area (Å²) < 4.78 is 36.2. The van der Waals surface area contributed by atoms with Crippen LogP contribution < -0.4 is 4.74 Å². The van der Waals surface area contributed by atoms with Gasteiger partial charge in [-0.05, 0) is 26.0 Å². The largest absolute Gasteiger partial charge is 0.490 e. The van der Waals surface area contributed by atoms with Crippen LogP contribution in [0.3, 0.4) is 0 Å². The second-order valence-corrected chi connectivity index (χ2v) is 7.47. The Morgan fingerprint density at radius 1 is 1.33 bits per heavy atom. The van der Waals surface area contributed by atoms with Crippen LogP contribution in [0.2, 0.25) is 0 Å². The van der Waals surface area contributed by atoms with Gasteiger partial charge in [0, 0.05) is 30.5 Å². The Kier molecular flexibility index (Phi) is 4.81. The van der Waals surface area contributed by atoms with E-state index >= 15 is 0 Å². The summed E-state index contributed by atoms with van der Waals surface area (Å²) in [7, 11) is 3.30. The highest BCUT2D eigenvalue weighted by molar-refractivity contribution is 8.14. The fraction of sp³-hybridized carbons (Fsp3) is 0.429. The van der Waals surface area contributed by atoms with Gasteiger partial charge in [0.05, 0.1) is 23.6 Å². The van der Waals surface area contributed by atoms with Gasteiger partial charge in [0.1, 0.15) is 10.6 Å². The van der Waals surface area contributed by atoms with Crippen molar-refractivity contribution < 1.29 is 17.9 Å².